The molecule has 16 heavy (non-hydrogen) atoms. The van der Waals surface area contributed by atoms with Crippen molar-refractivity contribution in [2.45, 2.75) is 13.3 Å². The summed E-state index contributed by atoms with van der Waals surface area (Å²) >= 11 is 0. The number of nitrogens with one attached hydrogen (secondary N) is 1. The van der Waals surface area contributed by atoms with Gasteiger partial charge >= 0.3 is 12.4 Å². The molecule has 0 aromatic heterocycles. The fourth-order valence-electron chi connectivity index (χ4n) is 1.28. The van der Waals surface area contributed by atoms with Crippen LogP contribution in [-0.2, 0) is 16.0 Å². The molecular weight excluding hydrogens is 206 g/mol. The Hall–Kier alpha value is -1.84. The Morgan fingerprint density at radius 2 is 2.06 bits per heavy atom. The molecule has 0 spiro atoms. The lowest BCUT2D eigenvalue weighted by molar-refractivity contribution is 0.0526. The Morgan fingerprint density at radius 3 is 2.62 bits per heavy atom. The third-order valence-corrected chi connectivity index (χ3v) is 2.08. The molecule has 0 unspecified atom stereocenters. The molecular formula is C12H14NO3. The summed E-state index contributed by atoms with van der Waals surface area (Å²) in [7, 11) is 0. The second-order valence-corrected chi connectivity index (χ2v) is 3.20. The molecule has 1 N–H and O–H groups in total. The first-order chi connectivity index (χ1) is 7.77. The molecule has 1 aromatic carbocycles. The van der Waals surface area contributed by atoms with Crippen LogP contribution in [0.15, 0.2) is 24.3 Å². The number of hydrogen-bond acceptors (Lipinski definition) is 3. The van der Waals surface area contributed by atoms with Crippen molar-refractivity contribution in [2.75, 3.05) is 13.2 Å². The van der Waals surface area contributed by atoms with Gasteiger partial charge < -0.3 is 10.1 Å². The highest BCUT2D eigenvalue weighted by atomic mass is 16.5. The van der Waals surface area contributed by atoms with Crippen molar-refractivity contribution in [1.29, 1.82) is 0 Å². The molecule has 0 fully saturated rings. The van der Waals surface area contributed by atoms with E-state index in [9.17, 15) is 9.59 Å². The molecule has 1 amide bonds. The highest BCUT2D eigenvalue weighted by molar-refractivity contribution is 5.89. The van der Waals surface area contributed by atoms with Crippen molar-refractivity contribution in [3.63, 3.8) is 0 Å². The molecule has 0 aliphatic rings. The van der Waals surface area contributed by atoms with Crippen molar-refractivity contribution < 1.29 is 14.3 Å². The number of hydrogen-bond donors (Lipinski definition) is 1. The fourth-order valence-corrected chi connectivity index (χ4v) is 1.28. The van der Waals surface area contributed by atoms with Crippen LogP contribution in [0.25, 0.3) is 0 Å². The summed E-state index contributed by atoms with van der Waals surface area (Å²) in [5.74, 6) is -0.312. The first-order valence-electron chi connectivity index (χ1n) is 5.14. The number of carbonyl (C=O) groups is 1. The van der Waals surface area contributed by atoms with Crippen LogP contribution in [0.5, 0.6) is 0 Å². The average Bonchev–Trinajstić information content (AvgIpc) is 2.30. The Morgan fingerprint density at radius 1 is 1.38 bits per heavy atom. The number of rotatable bonds is 6. The predicted octanol–water partition coefficient (Wildman–Crippen LogP) is 1.06. The van der Waals surface area contributed by atoms with Crippen molar-refractivity contribution in [2.24, 2.45) is 0 Å². The van der Waals surface area contributed by atoms with Crippen LogP contribution in [0.2, 0.25) is 0 Å². The lowest BCUT2D eigenvalue weighted by Gasteiger charge is -2.03. The standard InChI is InChI=1S/C12H14NO3/c1-2-16-12(15)11-5-3-10(4-6-11)7-8-13-9-14/h3-6H,2,7-8H2,1H3,(H,13,14). The highest BCUT2D eigenvalue weighted by Crippen LogP contribution is 2.06. The van der Waals surface area contributed by atoms with Gasteiger partial charge in [0.15, 0.2) is 0 Å². The van der Waals surface area contributed by atoms with Crippen LogP contribution in [0.1, 0.15) is 22.8 Å². The Balaban J connectivity index is 2.53. The second kappa shape index (κ2) is 6.61. The molecule has 0 aliphatic heterocycles. The smallest absolute Gasteiger partial charge is 0.338 e. The SMILES string of the molecule is CCOC(=O)c1ccc(CCN[C]=O)cc1. The van der Waals surface area contributed by atoms with Gasteiger partial charge in [0.05, 0.1) is 12.2 Å². The molecule has 1 radical (unpaired) electrons. The number of esters is 1. The minimum Gasteiger partial charge on any atom is -0.462 e. The molecule has 4 heteroatoms. The van der Waals surface area contributed by atoms with Gasteiger partial charge in [-0.25, -0.2) is 4.79 Å². The van der Waals surface area contributed by atoms with Crippen LogP contribution in [-0.4, -0.2) is 25.5 Å². The lowest BCUT2D eigenvalue weighted by Crippen LogP contribution is -2.14. The van der Waals surface area contributed by atoms with E-state index in [1.807, 2.05) is 12.1 Å². The molecule has 85 valence electrons. The van der Waals surface area contributed by atoms with Gasteiger partial charge in [-0.3, -0.25) is 4.79 Å². The number of benzene rings is 1. The maximum Gasteiger partial charge on any atom is 0.338 e. The molecule has 1 aromatic rings. The zero-order valence-corrected chi connectivity index (χ0v) is 9.16. The minimum absolute atomic E-state index is 0.312. The molecule has 0 heterocycles. The van der Waals surface area contributed by atoms with E-state index >= 15 is 0 Å². The van der Waals surface area contributed by atoms with Gasteiger partial charge in [0.25, 0.3) is 0 Å². The summed E-state index contributed by atoms with van der Waals surface area (Å²) < 4.78 is 4.86. The van der Waals surface area contributed by atoms with Crippen molar-refractivity contribution >= 4 is 12.4 Å². The van der Waals surface area contributed by atoms with Gasteiger partial charge in [0.1, 0.15) is 0 Å². The molecule has 4 nitrogen and oxygen atoms in total. The van der Waals surface area contributed by atoms with Crippen LogP contribution in [0, 0.1) is 0 Å². The topological polar surface area (TPSA) is 55.4 Å². The van der Waals surface area contributed by atoms with E-state index in [4.69, 9.17) is 4.74 Å². The van der Waals surface area contributed by atoms with E-state index in [1.54, 1.807) is 25.5 Å². The van der Waals surface area contributed by atoms with Gasteiger partial charge in [-0.2, -0.15) is 0 Å². The number of amides is 1. The third kappa shape index (κ3) is 3.73. The van der Waals surface area contributed by atoms with Crippen molar-refractivity contribution in [1.82, 2.24) is 5.32 Å². The van der Waals surface area contributed by atoms with E-state index < -0.39 is 0 Å². The van der Waals surface area contributed by atoms with Crippen molar-refractivity contribution in [3.8, 4) is 0 Å². The zero-order chi connectivity index (χ0) is 11.8. The molecule has 0 saturated heterocycles. The monoisotopic (exact) mass is 220 g/mol. The Labute approximate surface area is 94.6 Å². The van der Waals surface area contributed by atoms with Gasteiger partial charge in [-0.15, -0.1) is 0 Å². The molecule has 1 rings (SSSR count). The summed E-state index contributed by atoms with van der Waals surface area (Å²) in [6.07, 6.45) is 2.33. The van der Waals surface area contributed by atoms with E-state index in [0.29, 0.717) is 18.7 Å². The molecule has 0 saturated carbocycles. The highest BCUT2D eigenvalue weighted by Gasteiger charge is 2.05. The number of carbonyl (C=O) groups excluding carboxylic acids is 2. The average molecular weight is 220 g/mol. The van der Waals surface area contributed by atoms with Gasteiger partial charge in [0.2, 0.25) is 0 Å². The lowest BCUT2D eigenvalue weighted by atomic mass is 10.1. The third-order valence-electron chi connectivity index (χ3n) is 2.08. The van der Waals surface area contributed by atoms with Gasteiger partial charge in [-0.1, -0.05) is 12.1 Å². The first-order valence-corrected chi connectivity index (χ1v) is 5.14. The van der Waals surface area contributed by atoms with Crippen LogP contribution in [0.4, 0.5) is 0 Å². The zero-order valence-electron chi connectivity index (χ0n) is 9.16. The van der Waals surface area contributed by atoms with Crippen LogP contribution < -0.4 is 5.32 Å². The molecule has 0 aliphatic carbocycles. The first kappa shape index (κ1) is 12.2. The number of ether oxygens (including phenoxy) is 1. The van der Waals surface area contributed by atoms with Gasteiger partial charge in [-0.05, 0) is 31.0 Å². The van der Waals surface area contributed by atoms with Crippen LogP contribution >= 0.6 is 0 Å². The summed E-state index contributed by atoms with van der Waals surface area (Å²) in [5.41, 5.74) is 1.59. The van der Waals surface area contributed by atoms with Crippen LogP contribution in [0.3, 0.4) is 0 Å². The van der Waals surface area contributed by atoms with Crippen molar-refractivity contribution in [3.05, 3.63) is 35.4 Å². The second-order valence-electron chi connectivity index (χ2n) is 3.20. The van der Waals surface area contributed by atoms with E-state index in [0.717, 1.165) is 12.0 Å². The molecule has 0 bridgehead atoms. The quantitative estimate of drug-likeness (QED) is 0.443. The predicted molar refractivity (Wildman–Crippen MR) is 59.8 cm³/mol. The molecule has 0 atom stereocenters. The normalized spacial score (nSPS) is 9.56. The summed E-state index contributed by atoms with van der Waals surface area (Å²) in [5, 5.41) is 2.46. The van der Waals surface area contributed by atoms with E-state index in [1.165, 1.54) is 0 Å². The maximum absolute atomic E-state index is 11.3. The minimum atomic E-state index is -0.312. The summed E-state index contributed by atoms with van der Waals surface area (Å²) in [6.45, 7) is 2.69. The van der Waals surface area contributed by atoms with Gasteiger partial charge in [0, 0.05) is 6.54 Å². The maximum atomic E-state index is 11.3. The van der Waals surface area contributed by atoms with E-state index in [-0.39, 0.29) is 5.97 Å². The largest absolute Gasteiger partial charge is 0.462 e. The van der Waals surface area contributed by atoms with E-state index in [2.05, 4.69) is 5.32 Å². The fraction of sp³-hybridized carbons (Fsp3) is 0.333. The Kier molecular flexibility index (Phi) is 5.05. The summed E-state index contributed by atoms with van der Waals surface area (Å²) in [4.78, 5) is 21.2. The Bertz CT molecular complexity index is 346. The summed E-state index contributed by atoms with van der Waals surface area (Å²) in [6, 6.07) is 7.13.